The molecule has 15 nitrogen and oxygen atoms in total. The van der Waals surface area contributed by atoms with Gasteiger partial charge in [0.2, 0.25) is 5.91 Å². The third-order valence-corrected chi connectivity index (χ3v) is 15.3. The van der Waals surface area contributed by atoms with Gasteiger partial charge in [-0.1, -0.05) is 23.7 Å². The molecule has 67 heavy (non-hydrogen) atoms. The first-order chi connectivity index (χ1) is 32.6. The summed E-state index contributed by atoms with van der Waals surface area (Å²) < 4.78 is 13.9. The second-order valence-corrected chi connectivity index (χ2v) is 19.8. The number of nitrogens with zero attached hydrogens (tertiary/aromatic N) is 10. The number of halogens is 1. The van der Waals surface area contributed by atoms with Crippen molar-refractivity contribution in [1.82, 2.24) is 40.2 Å². The summed E-state index contributed by atoms with van der Waals surface area (Å²) in [6.45, 7) is 9.13. The van der Waals surface area contributed by atoms with Gasteiger partial charge >= 0.3 is 0 Å². The normalized spacial score (nSPS) is 21.7. The molecule has 6 aromatic rings. The van der Waals surface area contributed by atoms with Crippen LogP contribution in [0.1, 0.15) is 124 Å². The van der Waals surface area contributed by atoms with Crippen molar-refractivity contribution in [2.24, 2.45) is 10.9 Å². The van der Waals surface area contributed by atoms with Gasteiger partial charge in [0, 0.05) is 65.9 Å². The molecule has 0 unspecified atom stereocenters. The largest absolute Gasteiger partial charge is 0.490 e. The monoisotopic (exact) mass is 937 g/mol. The highest BCUT2D eigenvalue weighted by atomic mass is 35.5. The fourth-order valence-electron chi connectivity index (χ4n) is 10.1. The van der Waals surface area contributed by atoms with E-state index in [0.29, 0.717) is 41.7 Å². The van der Waals surface area contributed by atoms with E-state index in [9.17, 15) is 9.59 Å². The van der Waals surface area contributed by atoms with E-state index in [-0.39, 0.29) is 47.5 Å². The number of nitriles is 1. The Morgan fingerprint density at radius 1 is 0.940 bits per heavy atom. The topological polar surface area (TPSA) is 181 Å². The number of piperidine rings is 2. The van der Waals surface area contributed by atoms with Crippen LogP contribution in [0, 0.1) is 38.0 Å². The number of aryl methyl sites for hydroxylation is 2. The molecule has 7 heterocycles. The van der Waals surface area contributed by atoms with Crippen molar-refractivity contribution in [3.05, 3.63) is 128 Å². The summed E-state index contributed by atoms with van der Waals surface area (Å²) in [5.41, 5.74) is 6.79. The van der Waals surface area contributed by atoms with Crippen LogP contribution in [0.2, 0.25) is 5.02 Å². The first kappa shape index (κ1) is 44.4. The van der Waals surface area contributed by atoms with Crippen molar-refractivity contribution in [1.29, 1.82) is 5.26 Å². The molecule has 0 spiro atoms. The second kappa shape index (κ2) is 19.0. The number of amides is 2. The molecule has 2 saturated heterocycles. The van der Waals surface area contributed by atoms with Crippen LogP contribution >= 0.6 is 22.9 Å². The maximum Gasteiger partial charge on any atom is 0.272 e. The summed E-state index contributed by atoms with van der Waals surface area (Å²) in [6, 6.07) is 19.1. The molecule has 2 aromatic carbocycles. The predicted octanol–water partition coefficient (Wildman–Crippen LogP) is 8.43. The Hall–Kier alpha value is -6.44. The fourth-order valence-corrected chi connectivity index (χ4v) is 11.5. The highest BCUT2D eigenvalue weighted by molar-refractivity contribution is 7.15. The molecule has 0 bridgehead atoms. The number of hydrogen-bond donors (Lipinski definition) is 1. The number of oxazole rings is 1. The number of nitrogens with one attached hydrogen (secondary N) is 1. The molecule has 4 aromatic heterocycles. The number of carbonyl (C=O) groups excluding carboxylic acids is 2. The maximum atomic E-state index is 14.2. The molecular weight excluding hydrogens is 886 g/mol. The van der Waals surface area contributed by atoms with Crippen molar-refractivity contribution in [2.45, 2.75) is 103 Å². The first-order valence-corrected chi connectivity index (χ1v) is 24.4. The Morgan fingerprint density at radius 2 is 1.76 bits per heavy atom. The zero-order valence-electron chi connectivity index (χ0n) is 37.8. The minimum atomic E-state index is -0.344. The number of aliphatic imine (C=N–C) groups is 1. The molecule has 2 amide bonds. The lowest BCUT2D eigenvalue weighted by molar-refractivity contribution is -0.137. The van der Waals surface area contributed by atoms with Crippen LogP contribution in [0.25, 0.3) is 5.00 Å². The zero-order chi connectivity index (χ0) is 46.2. The number of benzene rings is 2. The third kappa shape index (κ3) is 9.19. The number of ether oxygens (including phenoxy) is 1. The Labute approximate surface area is 398 Å². The Balaban J connectivity index is 0.756. The maximum absolute atomic E-state index is 14.2. The highest BCUT2D eigenvalue weighted by Gasteiger charge is 2.35. The molecule has 17 heteroatoms. The van der Waals surface area contributed by atoms with Crippen molar-refractivity contribution in [3.63, 3.8) is 0 Å². The Kier molecular flexibility index (Phi) is 12.6. The summed E-state index contributed by atoms with van der Waals surface area (Å²) in [4.78, 5) is 42.8. The van der Waals surface area contributed by atoms with E-state index in [4.69, 9.17) is 31.0 Å². The molecular formula is C50H52ClN11O4S. The van der Waals surface area contributed by atoms with E-state index in [1.807, 2.05) is 17.9 Å². The predicted molar refractivity (Wildman–Crippen MR) is 254 cm³/mol. The number of carbonyl (C=O) groups is 2. The molecule has 1 saturated carbocycles. The van der Waals surface area contributed by atoms with Gasteiger partial charge in [-0.25, -0.2) is 4.98 Å². The Bertz CT molecular complexity index is 2840. The fraction of sp³-hybridized carbons (Fsp3) is 0.420. The van der Waals surface area contributed by atoms with E-state index in [2.05, 4.69) is 84.3 Å². The summed E-state index contributed by atoms with van der Waals surface area (Å²) in [5.74, 6) is 2.71. The summed E-state index contributed by atoms with van der Waals surface area (Å²) in [7, 11) is 0. The van der Waals surface area contributed by atoms with Crippen LogP contribution in [0.5, 0.6) is 5.75 Å². The summed E-state index contributed by atoms with van der Waals surface area (Å²) in [5, 5.41) is 31.7. The number of aromatic nitrogens is 6. The van der Waals surface area contributed by atoms with Crippen LogP contribution < -0.4 is 15.0 Å². The lowest BCUT2D eigenvalue weighted by Gasteiger charge is -2.39. The molecule has 3 atom stereocenters. The molecule has 10 rings (SSSR count). The van der Waals surface area contributed by atoms with E-state index in [1.54, 1.807) is 48.1 Å². The van der Waals surface area contributed by atoms with Gasteiger partial charge in [-0.2, -0.15) is 10.4 Å². The molecule has 3 fully saturated rings. The van der Waals surface area contributed by atoms with Crippen molar-refractivity contribution in [3.8, 4) is 16.8 Å². The minimum Gasteiger partial charge on any atom is -0.490 e. The van der Waals surface area contributed by atoms with Gasteiger partial charge < -0.3 is 24.3 Å². The van der Waals surface area contributed by atoms with Crippen LogP contribution in [-0.4, -0.2) is 90.7 Å². The van der Waals surface area contributed by atoms with Gasteiger partial charge in [-0.15, -0.1) is 26.6 Å². The average molecular weight is 939 g/mol. The van der Waals surface area contributed by atoms with E-state index in [0.717, 1.165) is 109 Å². The lowest BCUT2D eigenvalue weighted by Crippen LogP contribution is -2.47. The number of rotatable bonds is 10. The van der Waals surface area contributed by atoms with Gasteiger partial charge in [-0.3, -0.25) is 19.1 Å². The van der Waals surface area contributed by atoms with Crippen molar-refractivity contribution >= 4 is 46.2 Å². The van der Waals surface area contributed by atoms with E-state index >= 15 is 0 Å². The van der Waals surface area contributed by atoms with Crippen LogP contribution in [0.3, 0.4) is 0 Å². The molecule has 1 aliphatic carbocycles. The van der Waals surface area contributed by atoms with Gasteiger partial charge in [0.25, 0.3) is 5.91 Å². The molecule has 4 aliphatic rings. The number of anilines is 1. The van der Waals surface area contributed by atoms with Crippen LogP contribution in [-0.2, 0) is 11.2 Å². The van der Waals surface area contributed by atoms with Crippen LogP contribution in [0.15, 0.2) is 76.5 Å². The van der Waals surface area contributed by atoms with Crippen molar-refractivity contribution in [2.75, 3.05) is 31.1 Å². The quantitative estimate of drug-likeness (QED) is 0.139. The van der Waals surface area contributed by atoms with E-state index in [1.165, 1.54) is 10.4 Å². The minimum absolute atomic E-state index is 0.00782. The number of hydrogen-bond acceptors (Lipinski definition) is 13. The zero-order valence-corrected chi connectivity index (χ0v) is 39.4. The standard InChI is InChI=1S/C50H52ClN11O4S/c1-29-30(2)67-50-45(29)46(55-43(25-44-53-20-23-65-44)47-59-56-31(3)62(47)50)32-8-13-37(14-9-32)60-21-5-7-35(28-60)49(64)61-22-4-6-34(27-61)41-18-19-42(58-57-41)48(63)54-36-11-16-38(17-12-36)66-39-15-10-33(26-52)40(51)24-39/h8-10,13-15,18-20,23-24,34-36,38,43H,4-7,11-12,16-17,21-22,25,27-28H2,1-3H3,(H,54,63)/t34-,35+,36?,38?,43+/m1/s1. The average Bonchev–Trinajstić information content (AvgIpc) is 4.07. The molecule has 0 radical (unpaired) electrons. The van der Waals surface area contributed by atoms with Gasteiger partial charge in [-0.05, 0) is 114 Å². The smallest absolute Gasteiger partial charge is 0.272 e. The van der Waals surface area contributed by atoms with E-state index < -0.39 is 0 Å². The lowest BCUT2D eigenvalue weighted by atomic mass is 9.91. The number of thiophene rings is 1. The SMILES string of the molecule is Cc1sc2c(c1C)C(c1ccc(N3CCC[C@H](C(=O)N4CCC[C@@H](c5ccc(C(=O)NC6CCC(Oc7ccc(C#N)c(Cl)c7)CC6)nn5)C4)C3)cc1)=N[C@@H](Cc1ncco1)c1nnc(C)n1-2. The van der Waals surface area contributed by atoms with Crippen LogP contribution in [0.4, 0.5) is 5.69 Å². The van der Waals surface area contributed by atoms with Gasteiger partial charge in [0.15, 0.2) is 17.4 Å². The molecule has 1 N–H and O–H groups in total. The highest BCUT2D eigenvalue weighted by Crippen LogP contribution is 2.40. The Morgan fingerprint density at radius 3 is 2.51 bits per heavy atom. The van der Waals surface area contributed by atoms with Gasteiger partial charge in [0.05, 0.1) is 46.6 Å². The number of likely N-dealkylation sites (tertiary alicyclic amines) is 1. The summed E-state index contributed by atoms with van der Waals surface area (Å²) >= 11 is 7.92. The van der Waals surface area contributed by atoms with Crippen molar-refractivity contribution < 1.29 is 18.7 Å². The second-order valence-electron chi connectivity index (χ2n) is 18.1. The summed E-state index contributed by atoms with van der Waals surface area (Å²) in [6.07, 6.45) is 10.4. The molecule has 344 valence electrons. The third-order valence-electron chi connectivity index (χ3n) is 13.8. The van der Waals surface area contributed by atoms with Gasteiger partial charge in [0.1, 0.15) is 34.9 Å². The molecule has 3 aliphatic heterocycles. The first-order valence-electron chi connectivity index (χ1n) is 23.2. The number of fused-ring (bicyclic) bond motifs is 3.